The van der Waals surface area contributed by atoms with Crippen LogP contribution in [0.4, 0.5) is 11.4 Å². The van der Waals surface area contributed by atoms with Crippen LogP contribution in [0.5, 0.6) is 0 Å². The van der Waals surface area contributed by atoms with Crippen LogP contribution >= 0.6 is 22.9 Å². The van der Waals surface area contributed by atoms with Crippen LogP contribution in [0, 0.1) is 12.8 Å². The molecule has 2 amide bonds. The Morgan fingerprint density at radius 1 is 0.966 bits per heavy atom. The van der Waals surface area contributed by atoms with E-state index in [1.807, 2.05) is 47.8 Å². The van der Waals surface area contributed by atoms with E-state index in [4.69, 9.17) is 16.4 Å². The number of carbonyl (C=O) groups is 2. The summed E-state index contributed by atoms with van der Waals surface area (Å²) in [5.41, 5.74) is 2.02. The van der Waals surface area contributed by atoms with Crippen molar-refractivity contribution in [3.63, 3.8) is 0 Å². The van der Waals surface area contributed by atoms with E-state index in [1.54, 1.807) is 41.5 Å². The molecule has 2 aliphatic heterocycles. The third-order valence-electron chi connectivity index (χ3n) is 5.44. The number of benzene rings is 2. The molecule has 5 nitrogen and oxygen atoms in total. The maximum absolute atomic E-state index is 13.5. The molecule has 0 unspecified atom stereocenters. The van der Waals surface area contributed by atoms with E-state index >= 15 is 0 Å². The highest BCUT2D eigenvalue weighted by Gasteiger charge is 2.60. The van der Waals surface area contributed by atoms with E-state index in [-0.39, 0.29) is 17.9 Å². The standard InChI is InChI=1S/C22H17ClN2O3S/c1-13-15(23)9-5-10-16(13)24-21(26)18-19(17-11-6-12-29-17)25(28-20(18)22(24)27)14-7-3-2-4-8-14/h2-12,18-20H,1H3/t18-,19-,20-/m1/s1. The van der Waals surface area contributed by atoms with Gasteiger partial charge in [0.05, 0.1) is 11.4 Å². The fraction of sp³-hybridized carbons (Fsp3) is 0.182. The number of carbonyl (C=O) groups excluding carboxylic acids is 2. The molecule has 146 valence electrons. The second-order valence-electron chi connectivity index (χ2n) is 7.07. The first kappa shape index (κ1) is 18.4. The molecule has 0 aliphatic carbocycles. The van der Waals surface area contributed by atoms with Crippen LogP contribution in [-0.2, 0) is 14.4 Å². The molecule has 3 aromatic rings. The summed E-state index contributed by atoms with van der Waals surface area (Å²) in [7, 11) is 0. The summed E-state index contributed by atoms with van der Waals surface area (Å²) in [6, 6.07) is 18.3. The maximum atomic E-state index is 13.5. The third-order valence-corrected chi connectivity index (χ3v) is 6.79. The number of thiophene rings is 1. The molecule has 0 radical (unpaired) electrons. The van der Waals surface area contributed by atoms with Gasteiger partial charge in [0, 0.05) is 9.90 Å². The predicted octanol–water partition coefficient (Wildman–Crippen LogP) is 4.76. The van der Waals surface area contributed by atoms with Crippen molar-refractivity contribution < 1.29 is 14.4 Å². The summed E-state index contributed by atoms with van der Waals surface area (Å²) in [6.07, 6.45) is -0.867. The van der Waals surface area contributed by atoms with Gasteiger partial charge in [-0.3, -0.25) is 14.4 Å². The first-order chi connectivity index (χ1) is 14.1. The van der Waals surface area contributed by atoms with Crippen LogP contribution in [0.1, 0.15) is 16.5 Å². The van der Waals surface area contributed by atoms with Gasteiger partial charge in [-0.25, -0.2) is 9.96 Å². The Bertz CT molecular complexity index is 1090. The molecular weight excluding hydrogens is 408 g/mol. The molecule has 5 rings (SSSR count). The van der Waals surface area contributed by atoms with Crippen LogP contribution in [0.25, 0.3) is 0 Å². The monoisotopic (exact) mass is 424 g/mol. The molecule has 2 saturated heterocycles. The quantitative estimate of drug-likeness (QED) is 0.569. The van der Waals surface area contributed by atoms with E-state index in [2.05, 4.69) is 0 Å². The van der Waals surface area contributed by atoms with E-state index in [0.717, 1.165) is 10.6 Å². The van der Waals surface area contributed by atoms with Gasteiger partial charge in [-0.05, 0) is 48.2 Å². The van der Waals surface area contributed by atoms with Gasteiger partial charge in [0.1, 0.15) is 12.0 Å². The van der Waals surface area contributed by atoms with E-state index < -0.39 is 12.0 Å². The number of para-hydroxylation sites is 1. The number of amides is 2. The Balaban J connectivity index is 1.59. The Morgan fingerprint density at radius 3 is 2.48 bits per heavy atom. The average molecular weight is 425 g/mol. The van der Waals surface area contributed by atoms with Crippen LogP contribution < -0.4 is 9.96 Å². The topological polar surface area (TPSA) is 49.9 Å². The number of imide groups is 1. The van der Waals surface area contributed by atoms with Crippen LogP contribution in [0.3, 0.4) is 0 Å². The zero-order valence-corrected chi connectivity index (χ0v) is 17.1. The molecule has 2 aliphatic rings. The average Bonchev–Trinajstić information content (AvgIpc) is 3.43. The van der Waals surface area contributed by atoms with Gasteiger partial charge in [0.15, 0.2) is 6.10 Å². The van der Waals surface area contributed by atoms with Gasteiger partial charge in [0.2, 0.25) is 5.91 Å². The Kier molecular flexibility index (Phi) is 4.42. The highest BCUT2D eigenvalue weighted by Crippen LogP contribution is 2.49. The Hall–Kier alpha value is -2.67. The minimum Gasteiger partial charge on any atom is -0.273 e. The van der Waals surface area contributed by atoms with Gasteiger partial charge in [-0.15, -0.1) is 11.3 Å². The molecule has 0 spiro atoms. The second-order valence-corrected chi connectivity index (χ2v) is 8.46. The van der Waals surface area contributed by atoms with Crippen LogP contribution in [0.15, 0.2) is 66.0 Å². The van der Waals surface area contributed by atoms with Gasteiger partial charge in [-0.1, -0.05) is 41.9 Å². The summed E-state index contributed by atoms with van der Waals surface area (Å²) in [5.74, 6) is -1.24. The van der Waals surface area contributed by atoms with E-state index in [9.17, 15) is 9.59 Å². The molecule has 3 heterocycles. The van der Waals surface area contributed by atoms with Crippen molar-refractivity contribution in [2.24, 2.45) is 5.92 Å². The van der Waals surface area contributed by atoms with Crippen LogP contribution in [-0.4, -0.2) is 17.9 Å². The van der Waals surface area contributed by atoms with Crippen molar-refractivity contribution >= 4 is 46.1 Å². The SMILES string of the molecule is Cc1c(Cl)cccc1N1C(=O)[C@@H]2[C@@H](c3cccs3)N(c3ccccc3)O[C@H]2C1=O. The fourth-order valence-corrected chi connectivity index (χ4v) is 5.06. The van der Waals surface area contributed by atoms with Crippen molar-refractivity contribution in [3.05, 3.63) is 81.5 Å². The lowest BCUT2D eigenvalue weighted by atomic mass is 9.95. The van der Waals surface area contributed by atoms with Gasteiger partial charge < -0.3 is 0 Å². The lowest BCUT2D eigenvalue weighted by molar-refractivity contribution is -0.126. The molecule has 2 aromatic carbocycles. The molecule has 0 bridgehead atoms. The largest absolute Gasteiger partial charge is 0.273 e. The van der Waals surface area contributed by atoms with Crippen molar-refractivity contribution in [1.82, 2.24) is 0 Å². The van der Waals surface area contributed by atoms with Crippen molar-refractivity contribution in [1.29, 1.82) is 0 Å². The maximum Gasteiger partial charge on any atom is 0.266 e. The number of halogens is 1. The lowest BCUT2D eigenvalue weighted by Gasteiger charge is -2.28. The molecule has 0 N–H and O–H groups in total. The predicted molar refractivity (Wildman–Crippen MR) is 113 cm³/mol. The number of hydrogen-bond acceptors (Lipinski definition) is 5. The smallest absolute Gasteiger partial charge is 0.266 e. The summed E-state index contributed by atoms with van der Waals surface area (Å²) in [5, 5.41) is 4.19. The van der Waals surface area contributed by atoms with Crippen molar-refractivity contribution in [2.45, 2.75) is 19.1 Å². The molecule has 0 saturated carbocycles. The van der Waals surface area contributed by atoms with Gasteiger partial charge in [-0.2, -0.15) is 0 Å². The third kappa shape index (κ3) is 2.79. The molecule has 7 heteroatoms. The summed E-state index contributed by atoms with van der Waals surface area (Å²) in [6.45, 7) is 1.81. The van der Waals surface area contributed by atoms with Crippen molar-refractivity contribution in [2.75, 3.05) is 9.96 Å². The number of hydrogen-bond donors (Lipinski definition) is 0. The first-order valence-electron chi connectivity index (χ1n) is 9.25. The van der Waals surface area contributed by atoms with Gasteiger partial charge in [0.25, 0.3) is 5.91 Å². The summed E-state index contributed by atoms with van der Waals surface area (Å²) >= 11 is 7.78. The molecule has 1 aromatic heterocycles. The minimum absolute atomic E-state index is 0.262. The molecule has 3 atom stereocenters. The molecular formula is C22H17ClN2O3S. The summed E-state index contributed by atoms with van der Waals surface area (Å²) < 4.78 is 0. The zero-order chi connectivity index (χ0) is 20.1. The van der Waals surface area contributed by atoms with E-state index in [1.165, 1.54) is 4.90 Å². The molecule has 29 heavy (non-hydrogen) atoms. The second kappa shape index (κ2) is 6.99. The highest BCUT2D eigenvalue weighted by atomic mass is 35.5. The first-order valence-corrected chi connectivity index (χ1v) is 10.5. The number of nitrogens with zero attached hydrogens (tertiary/aromatic N) is 2. The Labute approximate surface area is 177 Å². The summed E-state index contributed by atoms with van der Waals surface area (Å²) in [4.78, 5) is 35.1. The normalized spacial score (nSPS) is 23.7. The fourth-order valence-electron chi connectivity index (χ4n) is 4.04. The number of hydroxylamine groups is 1. The minimum atomic E-state index is -0.867. The van der Waals surface area contributed by atoms with Crippen LogP contribution in [0.2, 0.25) is 5.02 Å². The lowest BCUT2D eigenvalue weighted by Crippen LogP contribution is -2.37. The number of rotatable bonds is 3. The van der Waals surface area contributed by atoms with Crippen molar-refractivity contribution in [3.8, 4) is 0 Å². The van der Waals surface area contributed by atoms with E-state index in [0.29, 0.717) is 16.3 Å². The number of anilines is 2. The molecule has 2 fully saturated rings. The highest BCUT2D eigenvalue weighted by molar-refractivity contribution is 7.10. The zero-order valence-electron chi connectivity index (χ0n) is 15.5. The Morgan fingerprint density at radius 2 is 1.76 bits per heavy atom. The number of fused-ring (bicyclic) bond motifs is 1. The van der Waals surface area contributed by atoms with Gasteiger partial charge >= 0.3 is 0 Å².